The zero-order chi connectivity index (χ0) is 23.1. The summed E-state index contributed by atoms with van der Waals surface area (Å²) in [6.45, 7) is 6.42. The molecule has 8 nitrogen and oxygen atoms in total. The first-order valence-electron chi connectivity index (χ1n) is 10.5. The van der Waals surface area contributed by atoms with Crippen molar-refractivity contribution in [2.75, 3.05) is 5.32 Å². The summed E-state index contributed by atoms with van der Waals surface area (Å²) < 4.78 is 37.0. The molecule has 2 unspecified atom stereocenters. The van der Waals surface area contributed by atoms with Crippen LogP contribution in [0.2, 0.25) is 0 Å². The molecule has 1 aliphatic rings. The van der Waals surface area contributed by atoms with E-state index in [1.165, 1.54) is 12.1 Å². The first-order valence-corrected chi connectivity index (χ1v) is 12.0. The van der Waals surface area contributed by atoms with Crippen molar-refractivity contribution in [1.82, 2.24) is 20.2 Å². The highest BCUT2D eigenvalue weighted by Crippen LogP contribution is 2.42. The number of nitrogens with one attached hydrogen (secondary N) is 2. The Hall–Kier alpha value is -2.85. The molecule has 3 aromatic rings. The van der Waals surface area contributed by atoms with E-state index in [0.29, 0.717) is 5.82 Å². The normalized spacial score (nSPS) is 19.3. The van der Waals surface area contributed by atoms with E-state index < -0.39 is 15.8 Å². The second-order valence-electron chi connectivity index (χ2n) is 9.28. The van der Waals surface area contributed by atoms with Crippen molar-refractivity contribution < 1.29 is 12.8 Å². The highest BCUT2D eigenvalue weighted by atomic mass is 32.2. The molecule has 2 atom stereocenters. The Morgan fingerprint density at radius 2 is 1.91 bits per heavy atom. The molecule has 170 valence electrons. The van der Waals surface area contributed by atoms with Gasteiger partial charge in [-0.05, 0) is 43.5 Å². The predicted octanol–water partition coefficient (Wildman–Crippen LogP) is 4.08. The van der Waals surface area contributed by atoms with Crippen LogP contribution in [0.25, 0.3) is 0 Å². The number of nitrogens with two attached hydrogens (primary N) is 1. The Morgan fingerprint density at radius 3 is 2.59 bits per heavy atom. The number of hydrogen-bond acceptors (Lipinski definition) is 6. The van der Waals surface area contributed by atoms with Crippen LogP contribution in [0.3, 0.4) is 0 Å². The summed E-state index contributed by atoms with van der Waals surface area (Å²) in [5.41, 5.74) is 2.09. The first-order chi connectivity index (χ1) is 15.0. The summed E-state index contributed by atoms with van der Waals surface area (Å²) in [6.07, 6.45) is 4.72. The van der Waals surface area contributed by atoms with Gasteiger partial charge in [0, 0.05) is 40.9 Å². The molecule has 0 bridgehead atoms. The van der Waals surface area contributed by atoms with Crippen molar-refractivity contribution in [1.29, 1.82) is 0 Å². The zero-order valence-electron chi connectivity index (χ0n) is 18.3. The van der Waals surface area contributed by atoms with Crippen LogP contribution >= 0.6 is 0 Å². The van der Waals surface area contributed by atoms with E-state index in [1.807, 2.05) is 18.3 Å². The van der Waals surface area contributed by atoms with Crippen LogP contribution in [0.5, 0.6) is 0 Å². The van der Waals surface area contributed by atoms with Crippen LogP contribution in [0.4, 0.5) is 15.9 Å². The lowest BCUT2D eigenvalue weighted by molar-refractivity contribution is 0.550. The average molecular weight is 459 g/mol. The first kappa shape index (κ1) is 22.3. The van der Waals surface area contributed by atoms with Gasteiger partial charge >= 0.3 is 0 Å². The van der Waals surface area contributed by atoms with Crippen LogP contribution in [-0.4, -0.2) is 28.6 Å². The van der Waals surface area contributed by atoms with Crippen LogP contribution in [0, 0.1) is 5.82 Å². The molecule has 1 saturated carbocycles. The summed E-state index contributed by atoms with van der Waals surface area (Å²) in [7, 11) is -3.96. The maximum absolute atomic E-state index is 14.3. The van der Waals surface area contributed by atoms with Crippen LogP contribution in [0.15, 0.2) is 41.4 Å². The fourth-order valence-electron chi connectivity index (χ4n) is 4.01. The highest BCUT2D eigenvalue weighted by molar-refractivity contribution is 7.89. The number of anilines is 2. The van der Waals surface area contributed by atoms with Crippen molar-refractivity contribution in [3.63, 3.8) is 0 Å². The molecule has 10 heteroatoms. The van der Waals surface area contributed by atoms with Crippen molar-refractivity contribution in [3.05, 3.63) is 59.6 Å². The third kappa shape index (κ3) is 4.81. The quantitative estimate of drug-likeness (QED) is 0.529. The SMILES string of the molecule is CC(C)(C)c1ccnc(C2CCC(c3cc(Nc4ccc(S(N)(=O)=O)cc4F)n[nH]3)C2)n1. The van der Waals surface area contributed by atoms with E-state index in [2.05, 4.69) is 41.3 Å². The van der Waals surface area contributed by atoms with Crippen LogP contribution < -0.4 is 10.5 Å². The van der Waals surface area contributed by atoms with E-state index in [1.54, 1.807) is 0 Å². The Labute approximate surface area is 186 Å². The summed E-state index contributed by atoms with van der Waals surface area (Å²) in [5.74, 6) is 1.18. The molecule has 1 aliphatic carbocycles. The van der Waals surface area contributed by atoms with Gasteiger partial charge < -0.3 is 5.32 Å². The average Bonchev–Trinajstić information content (AvgIpc) is 3.38. The predicted molar refractivity (Wildman–Crippen MR) is 120 cm³/mol. The van der Waals surface area contributed by atoms with Gasteiger partial charge in [0.2, 0.25) is 10.0 Å². The topological polar surface area (TPSA) is 127 Å². The van der Waals surface area contributed by atoms with Gasteiger partial charge in [0.25, 0.3) is 0 Å². The smallest absolute Gasteiger partial charge is 0.238 e. The molecule has 4 rings (SSSR count). The molecule has 0 spiro atoms. The van der Waals surface area contributed by atoms with Crippen molar-refractivity contribution in [2.45, 2.75) is 62.2 Å². The number of nitrogens with zero attached hydrogens (tertiary/aromatic N) is 3. The fraction of sp³-hybridized carbons (Fsp3) is 0.409. The highest BCUT2D eigenvalue weighted by Gasteiger charge is 2.31. The minimum atomic E-state index is -3.96. The molecule has 0 radical (unpaired) electrons. The molecule has 0 amide bonds. The minimum absolute atomic E-state index is 0.0263. The fourth-order valence-corrected chi connectivity index (χ4v) is 4.53. The third-order valence-electron chi connectivity index (χ3n) is 5.81. The number of hydrogen-bond donors (Lipinski definition) is 3. The lowest BCUT2D eigenvalue weighted by Crippen LogP contribution is -2.16. The number of benzene rings is 1. The van der Waals surface area contributed by atoms with Gasteiger partial charge in [-0.2, -0.15) is 5.10 Å². The van der Waals surface area contributed by atoms with Crippen molar-refractivity contribution in [3.8, 4) is 0 Å². The van der Waals surface area contributed by atoms with Gasteiger partial charge in [-0.15, -0.1) is 0 Å². The summed E-state index contributed by atoms with van der Waals surface area (Å²) >= 11 is 0. The number of sulfonamides is 1. The lowest BCUT2D eigenvalue weighted by Gasteiger charge is -2.19. The van der Waals surface area contributed by atoms with E-state index >= 15 is 0 Å². The molecular weight excluding hydrogens is 431 g/mol. The third-order valence-corrected chi connectivity index (χ3v) is 6.72. The molecule has 32 heavy (non-hydrogen) atoms. The number of H-pyrrole nitrogens is 1. The zero-order valence-corrected chi connectivity index (χ0v) is 19.1. The summed E-state index contributed by atoms with van der Waals surface area (Å²) in [5, 5.41) is 15.2. The number of aromatic amines is 1. The number of rotatable bonds is 5. The van der Waals surface area contributed by atoms with Gasteiger partial charge in [-0.3, -0.25) is 5.10 Å². The number of halogens is 1. The standard InChI is InChI=1S/C22H27FN6O2S/c1-22(2,3)19-8-9-25-21(27-19)14-5-4-13(10-14)18-12-20(29-28-18)26-17-7-6-15(11-16(17)23)32(24,30)31/h6-9,11-14H,4-5,10H2,1-3H3,(H2,24,30,31)(H2,26,28,29). The second-order valence-corrected chi connectivity index (χ2v) is 10.8. The summed E-state index contributed by atoms with van der Waals surface area (Å²) in [4.78, 5) is 9.04. The molecule has 1 fully saturated rings. The van der Waals surface area contributed by atoms with Crippen molar-refractivity contribution >= 4 is 21.5 Å². The van der Waals surface area contributed by atoms with Gasteiger partial charge in [0.1, 0.15) is 11.6 Å². The van der Waals surface area contributed by atoms with E-state index in [4.69, 9.17) is 10.1 Å². The van der Waals surface area contributed by atoms with Crippen LogP contribution in [0.1, 0.15) is 69.1 Å². The molecule has 0 aliphatic heterocycles. The molecule has 0 saturated heterocycles. The number of primary sulfonamides is 1. The molecule has 4 N–H and O–H groups in total. The largest absolute Gasteiger partial charge is 0.336 e. The van der Waals surface area contributed by atoms with Gasteiger partial charge in [0.15, 0.2) is 5.82 Å². The maximum atomic E-state index is 14.3. The van der Waals surface area contributed by atoms with E-state index in [-0.39, 0.29) is 27.8 Å². The van der Waals surface area contributed by atoms with E-state index in [9.17, 15) is 12.8 Å². The molecule has 2 aromatic heterocycles. The Bertz CT molecular complexity index is 1240. The van der Waals surface area contributed by atoms with Gasteiger partial charge in [0.05, 0.1) is 10.6 Å². The van der Waals surface area contributed by atoms with Gasteiger partial charge in [-0.25, -0.2) is 27.9 Å². The number of aromatic nitrogens is 4. The van der Waals surface area contributed by atoms with Crippen LogP contribution in [-0.2, 0) is 15.4 Å². The molecule has 1 aromatic carbocycles. The van der Waals surface area contributed by atoms with Crippen molar-refractivity contribution in [2.24, 2.45) is 5.14 Å². The Morgan fingerprint density at radius 1 is 1.16 bits per heavy atom. The maximum Gasteiger partial charge on any atom is 0.238 e. The monoisotopic (exact) mass is 458 g/mol. The summed E-state index contributed by atoms with van der Waals surface area (Å²) in [6, 6.07) is 7.29. The Balaban J connectivity index is 1.45. The second kappa shape index (κ2) is 8.25. The molecular formula is C22H27FN6O2S. The Kier molecular flexibility index (Phi) is 5.76. The van der Waals surface area contributed by atoms with E-state index in [0.717, 1.165) is 42.5 Å². The van der Waals surface area contributed by atoms with Gasteiger partial charge in [-0.1, -0.05) is 20.8 Å². The lowest BCUT2D eigenvalue weighted by atomic mass is 9.91. The molecule has 2 heterocycles. The minimum Gasteiger partial charge on any atom is -0.336 e.